The molecule has 1 amide bonds. The van der Waals surface area contributed by atoms with Gasteiger partial charge in [0, 0.05) is 4.47 Å². The van der Waals surface area contributed by atoms with Gasteiger partial charge in [-0.25, -0.2) is 9.67 Å². The van der Waals surface area contributed by atoms with E-state index in [0.717, 1.165) is 10.0 Å². The van der Waals surface area contributed by atoms with Crippen LogP contribution in [0.25, 0.3) is 0 Å². The molecule has 0 spiro atoms. The second-order valence-electron chi connectivity index (χ2n) is 5.15. The van der Waals surface area contributed by atoms with Gasteiger partial charge in [0.15, 0.2) is 0 Å². The molecule has 1 unspecified atom stereocenters. The maximum atomic E-state index is 12.3. The second kappa shape index (κ2) is 5.75. The van der Waals surface area contributed by atoms with Crippen molar-refractivity contribution in [1.82, 2.24) is 20.1 Å². The van der Waals surface area contributed by atoms with Gasteiger partial charge in [0.25, 0.3) is 0 Å². The van der Waals surface area contributed by atoms with Gasteiger partial charge in [-0.1, -0.05) is 34.1 Å². The highest BCUT2D eigenvalue weighted by atomic mass is 79.9. The van der Waals surface area contributed by atoms with Gasteiger partial charge in [-0.15, -0.1) is 0 Å². The van der Waals surface area contributed by atoms with Gasteiger partial charge in [-0.3, -0.25) is 4.79 Å². The summed E-state index contributed by atoms with van der Waals surface area (Å²) in [4.78, 5) is 16.2. The minimum atomic E-state index is -0.480. The van der Waals surface area contributed by atoms with Crippen LogP contribution in [0.1, 0.15) is 32.4 Å². The minimum Gasteiger partial charge on any atom is -0.345 e. The van der Waals surface area contributed by atoms with Crippen LogP contribution in [0, 0.1) is 0 Å². The predicted molar refractivity (Wildman–Crippen MR) is 80.0 cm³/mol. The van der Waals surface area contributed by atoms with Crippen molar-refractivity contribution < 1.29 is 4.79 Å². The Kier molecular flexibility index (Phi) is 4.23. The molecule has 0 radical (unpaired) electrons. The van der Waals surface area contributed by atoms with E-state index in [2.05, 4.69) is 31.3 Å². The third-order valence-electron chi connectivity index (χ3n) is 3.20. The fourth-order valence-electron chi connectivity index (χ4n) is 1.99. The van der Waals surface area contributed by atoms with Crippen molar-refractivity contribution in [2.75, 3.05) is 0 Å². The number of hydrogen-bond donors (Lipinski definition) is 1. The normalized spacial score (nSPS) is 13.0. The molecule has 0 saturated heterocycles. The lowest BCUT2D eigenvalue weighted by molar-refractivity contribution is -0.125. The van der Waals surface area contributed by atoms with Crippen LogP contribution in [0.3, 0.4) is 0 Å². The van der Waals surface area contributed by atoms with Crippen molar-refractivity contribution in [1.29, 1.82) is 0 Å². The summed E-state index contributed by atoms with van der Waals surface area (Å²) in [5, 5.41) is 7.04. The van der Waals surface area contributed by atoms with E-state index in [1.165, 1.54) is 17.3 Å². The lowest BCUT2D eigenvalue weighted by Crippen LogP contribution is -2.44. The molecule has 0 aliphatic rings. The Hall–Kier alpha value is -1.69. The summed E-state index contributed by atoms with van der Waals surface area (Å²) >= 11 is 3.52. The standard InChI is InChI=1S/C14H17BrN4O/c1-10(19-9-16-8-17-19)13(20)18-14(2,3)11-6-4-5-7-12(11)15/h4-10H,1-3H3,(H,18,20). The number of aromatic nitrogens is 3. The first-order valence-electron chi connectivity index (χ1n) is 6.33. The van der Waals surface area contributed by atoms with Crippen molar-refractivity contribution in [2.45, 2.75) is 32.4 Å². The Bertz CT molecular complexity index is 595. The topological polar surface area (TPSA) is 59.8 Å². The van der Waals surface area contributed by atoms with E-state index in [1.54, 1.807) is 6.92 Å². The highest BCUT2D eigenvalue weighted by Crippen LogP contribution is 2.28. The first-order valence-corrected chi connectivity index (χ1v) is 7.12. The van der Waals surface area contributed by atoms with E-state index in [0.29, 0.717) is 0 Å². The molecule has 0 fully saturated rings. The summed E-state index contributed by atoms with van der Waals surface area (Å²) in [6.45, 7) is 5.73. The quantitative estimate of drug-likeness (QED) is 0.933. The van der Waals surface area contributed by atoms with Crippen LogP contribution in [-0.2, 0) is 10.3 Å². The van der Waals surface area contributed by atoms with Crippen LogP contribution in [0.5, 0.6) is 0 Å². The SMILES string of the molecule is CC(C(=O)NC(C)(C)c1ccccc1Br)n1cncn1. The lowest BCUT2D eigenvalue weighted by Gasteiger charge is -2.29. The second-order valence-corrected chi connectivity index (χ2v) is 6.00. The third-order valence-corrected chi connectivity index (χ3v) is 3.89. The molecule has 1 heterocycles. The Labute approximate surface area is 126 Å². The zero-order chi connectivity index (χ0) is 14.8. The Morgan fingerprint density at radius 3 is 2.70 bits per heavy atom. The van der Waals surface area contributed by atoms with Gasteiger partial charge in [0.2, 0.25) is 5.91 Å². The van der Waals surface area contributed by atoms with E-state index in [-0.39, 0.29) is 5.91 Å². The van der Waals surface area contributed by atoms with Gasteiger partial charge in [0.05, 0.1) is 5.54 Å². The van der Waals surface area contributed by atoms with Crippen molar-refractivity contribution >= 4 is 21.8 Å². The number of rotatable bonds is 4. The van der Waals surface area contributed by atoms with E-state index >= 15 is 0 Å². The van der Waals surface area contributed by atoms with Crippen LogP contribution in [0.15, 0.2) is 41.4 Å². The largest absolute Gasteiger partial charge is 0.345 e. The molecule has 1 aromatic carbocycles. The molecular formula is C14H17BrN4O. The summed E-state index contributed by atoms with van der Waals surface area (Å²) in [7, 11) is 0. The van der Waals surface area contributed by atoms with Gasteiger partial charge in [0.1, 0.15) is 18.7 Å². The van der Waals surface area contributed by atoms with Gasteiger partial charge in [-0.2, -0.15) is 5.10 Å². The van der Waals surface area contributed by atoms with E-state index < -0.39 is 11.6 Å². The Balaban J connectivity index is 2.16. The molecule has 106 valence electrons. The predicted octanol–water partition coefficient (Wildman–Crippen LogP) is 2.65. The number of halogens is 1. The Morgan fingerprint density at radius 1 is 1.40 bits per heavy atom. The highest BCUT2D eigenvalue weighted by molar-refractivity contribution is 9.10. The van der Waals surface area contributed by atoms with Gasteiger partial charge < -0.3 is 5.32 Å². The fraction of sp³-hybridized carbons (Fsp3) is 0.357. The molecule has 1 N–H and O–H groups in total. The zero-order valence-corrected chi connectivity index (χ0v) is 13.3. The number of nitrogens with zero attached hydrogens (tertiary/aromatic N) is 3. The molecule has 0 bridgehead atoms. The van der Waals surface area contributed by atoms with E-state index in [1.807, 2.05) is 38.1 Å². The summed E-state index contributed by atoms with van der Waals surface area (Å²) in [5.74, 6) is -0.101. The molecule has 1 aromatic heterocycles. The maximum absolute atomic E-state index is 12.3. The third kappa shape index (κ3) is 3.07. The number of carbonyl (C=O) groups is 1. The summed E-state index contributed by atoms with van der Waals surface area (Å²) < 4.78 is 2.50. The first-order chi connectivity index (χ1) is 9.42. The lowest BCUT2D eigenvalue weighted by atomic mass is 9.94. The van der Waals surface area contributed by atoms with Crippen LogP contribution < -0.4 is 5.32 Å². The highest BCUT2D eigenvalue weighted by Gasteiger charge is 2.27. The molecule has 5 nitrogen and oxygen atoms in total. The maximum Gasteiger partial charge on any atom is 0.245 e. The van der Waals surface area contributed by atoms with Crippen molar-refractivity contribution in [2.24, 2.45) is 0 Å². The minimum absolute atomic E-state index is 0.101. The summed E-state index contributed by atoms with van der Waals surface area (Å²) in [5.41, 5.74) is 0.547. The van der Waals surface area contributed by atoms with Crippen molar-refractivity contribution in [3.05, 3.63) is 47.0 Å². The van der Waals surface area contributed by atoms with Crippen molar-refractivity contribution in [3.63, 3.8) is 0 Å². The molecule has 20 heavy (non-hydrogen) atoms. The van der Waals surface area contributed by atoms with Crippen LogP contribution in [-0.4, -0.2) is 20.7 Å². The van der Waals surface area contributed by atoms with Crippen LogP contribution >= 0.6 is 15.9 Å². The number of benzene rings is 1. The summed E-state index contributed by atoms with van der Waals surface area (Å²) in [6, 6.07) is 7.45. The van der Waals surface area contributed by atoms with Gasteiger partial charge >= 0.3 is 0 Å². The smallest absolute Gasteiger partial charge is 0.245 e. The number of carbonyl (C=O) groups excluding carboxylic acids is 1. The van der Waals surface area contributed by atoms with Crippen LogP contribution in [0.2, 0.25) is 0 Å². The molecular weight excluding hydrogens is 320 g/mol. The van der Waals surface area contributed by atoms with E-state index in [4.69, 9.17) is 0 Å². The molecule has 6 heteroatoms. The zero-order valence-electron chi connectivity index (χ0n) is 11.7. The summed E-state index contributed by atoms with van der Waals surface area (Å²) in [6.07, 6.45) is 2.96. The van der Waals surface area contributed by atoms with E-state index in [9.17, 15) is 4.79 Å². The molecule has 0 aliphatic heterocycles. The number of hydrogen-bond acceptors (Lipinski definition) is 3. The fourth-order valence-corrected chi connectivity index (χ4v) is 2.77. The van der Waals surface area contributed by atoms with Crippen molar-refractivity contribution in [3.8, 4) is 0 Å². The number of amides is 1. The average Bonchev–Trinajstić information content (AvgIpc) is 2.91. The Morgan fingerprint density at radius 2 is 2.10 bits per heavy atom. The molecule has 1 atom stereocenters. The van der Waals surface area contributed by atoms with Crippen LogP contribution in [0.4, 0.5) is 0 Å². The molecule has 2 rings (SSSR count). The van der Waals surface area contributed by atoms with Gasteiger partial charge in [-0.05, 0) is 32.4 Å². The molecule has 0 aliphatic carbocycles. The molecule has 2 aromatic rings. The average molecular weight is 337 g/mol. The monoisotopic (exact) mass is 336 g/mol. The first kappa shape index (κ1) is 14.7. The molecule has 0 saturated carbocycles. The number of nitrogens with one attached hydrogen (secondary N) is 1.